The molecule has 4 rings (SSSR count). The second-order valence-electron chi connectivity index (χ2n) is 6.17. The number of benzene rings is 3. The summed E-state index contributed by atoms with van der Waals surface area (Å²) in [5, 5.41) is 0. The Kier molecular flexibility index (Phi) is 4.96. The van der Waals surface area contributed by atoms with E-state index in [1.807, 2.05) is 42.5 Å². The highest BCUT2D eigenvalue weighted by Crippen LogP contribution is 2.36. The summed E-state index contributed by atoms with van der Waals surface area (Å²) in [6.07, 6.45) is 3.63. The number of thioether (sulfide) groups is 1. The molecule has 0 bridgehead atoms. The van der Waals surface area contributed by atoms with Gasteiger partial charge in [0.05, 0.1) is 11.0 Å². The molecule has 4 aromatic rings. The summed E-state index contributed by atoms with van der Waals surface area (Å²) in [5.74, 6) is 0.689. The number of halogens is 3. The van der Waals surface area contributed by atoms with Crippen LogP contribution in [0.5, 0.6) is 0 Å². The molecule has 140 valence electrons. The molecule has 1 heterocycles. The first kappa shape index (κ1) is 18.4. The molecule has 0 saturated heterocycles. The summed E-state index contributed by atoms with van der Waals surface area (Å²) < 4.78 is 37.2. The van der Waals surface area contributed by atoms with Crippen LogP contribution in [0.1, 0.15) is 11.4 Å². The number of hydrogen-bond acceptors (Lipinski definition) is 2. The Hall–Kier alpha value is -2.99. The van der Waals surface area contributed by atoms with Gasteiger partial charge in [-0.3, -0.25) is 0 Å². The fourth-order valence-electron chi connectivity index (χ4n) is 2.87. The zero-order valence-corrected chi connectivity index (χ0v) is 15.4. The highest BCUT2D eigenvalue weighted by Gasteiger charge is 2.28. The van der Waals surface area contributed by atoms with Crippen LogP contribution in [0.15, 0.2) is 77.7 Å². The first-order chi connectivity index (χ1) is 13.5. The van der Waals surface area contributed by atoms with E-state index in [0.717, 1.165) is 27.7 Å². The lowest BCUT2D eigenvalue weighted by Crippen LogP contribution is -1.98. The summed E-state index contributed by atoms with van der Waals surface area (Å²) in [6.45, 7) is 0. The number of hydrogen-bond donors (Lipinski definition) is 1. The number of rotatable bonds is 4. The molecule has 1 aromatic heterocycles. The first-order valence-electron chi connectivity index (χ1n) is 8.55. The summed E-state index contributed by atoms with van der Waals surface area (Å²) in [7, 11) is 0. The third kappa shape index (κ3) is 4.46. The highest BCUT2D eigenvalue weighted by atomic mass is 32.2. The number of H-pyrrole nitrogens is 1. The van der Waals surface area contributed by atoms with Gasteiger partial charge in [0, 0.05) is 4.90 Å². The van der Waals surface area contributed by atoms with Crippen molar-refractivity contribution < 1.29 is 13.2 Å². The van der Waals surface area contributed by atoms with Crippen molar-refractivity contribution in [1.82, 2.24) is 9.97 Å². The summed E-state index contributed by atoms with van der Waals surface area (Å²) in [6, 6.07) is 22.4. The molecule has 28 heavy (non-hydrogen) atoms. The molecule has 0 aliphatic heterocycles. The maximum Gasteiger partial charge on any atom is 0.446 e. The second kappa shape index (κ2) is 7.56. The molecular weight excluding hydrogens is 381 g/mol. The molecule has 0 atom stereocenters. The van der Waals surface area contributed by atoms with E-state index in [1.54, 1.807) is 12.1 Å². The van der Waals surface area contributed by atoms with Crippen molar-refractivity contribution in [3.63, 3.8) is 0 Å². The molecule has 0 radical (unpaired) electrons. The van der Waals surface area contributed by atoms with Gasteiger partial charge in [0.1, 0.15) is 5.82 Å². The largest absolute Gasteiger partial charge is 0.446 e. The zero-order valence-electron chi connectivity index (χ0n) is 14.6. The highest BCUT2D eigenvalue weighted by molar-refractivity contribution is 8.00. The monoisotopic (exact) mass is 396 g/mol. The minimum atomic E-state index is -4.27. The molecule has 0 spiro atoms. The van der Waals surface area contributed by atoms with Crippen LogP contribution in [0.3, 0.4) is 0 Å². The van der Waals surface area contributed by atoms with Crippen LogP contribution in [0.25, 0.3) is 34.3 Å². The number of nitrogens with one attached hydrogen (secondary N) is 1. The molecule has 0 unspecified atom stereocenters. The van der Waals surface area contributed by atoms with Crippen molar-refractivity contribution in [3.8, 4) is 11.1 Å². The summed E-state index contributed by atoms with van der Waals surface area (Å²) in [5.41, 5.74) is 0.550. The molecule has 2 nitrogen and oxygen atoms in total. The Balaban J connectivity index is 1.53. The van der Waals surface area contributed by atoms with Crippen molar-refractivity contribution in [1.29, 1.82) is 0 Å². The summed E-state index contributed by atoms with van der Waals surface area (Å²) in [4.78, 5) is 7.97. The molecule has 6 heteroatoms. The lowest BCUT2D eigenvalue weighted by molar-refractivity contribution is -0.0328. The van der Waals surface area contributed by atoms with Gasteiger partial charge >= 0.3 is 5.51 Å². The van der Waals surface area contributed by atoms with Gasteiger partial charge in [-0.05, 0) is 58.8 Å². The standard InChI is InChI=1S/C22H15F3N2S/c23-22(24,25)28-18-10-6-15(7-11-18)8-13-21-26-19-12-9-17(14-20(19)27-21)16-4-2-1-3-5-16/h1-14H,(H,26,27). The van der Waals surface area contributed by atoms with E-state index in [9.17, 15) is 13.2 Å². The number of nitrogens with zero attached hydrogens (tertiary/aromatic N) is 1. The number of fused-ring (bicyclic) bond motifs is 1. The Labute approximate surface area is 164 Å². The van der Waals surface area contributed by atoms with Gasteiger partial charge in [0.15, 0.2) is 0 Å². The van der Waals surface area contributed by atoms with Crippen LogP contribution in [0, 0.1) is 0 Å². The van der Waals surface area contributed by atoms with Gasteiger partial charge in [0.25, 0.3) is 0 Å². The van der Waals surface area contributed by atoms with E-state index in [4.69, 9.17) is 0 Å². The average Bonchev–Trinajstić information content (AvgIpc) is 3.09. The molecule has 0 aliphatic rings. The van der Waals surface area contributed by atoms with Crippen LogP contribution >= 0.6 is 11.8 Å². The SMILES string of the molecule is FC(F)(F)Sc1ccc(C=Cc2nc3ccc(-c4ccccc4)cc3[nH]2)cc1. The minimum Gasteiger partial charge on any atom is -0.338 e. The average molecular weight is 396 g/mol. The maximum absolute atomic E-state index is 12.4. The van der Waals surface area contributed by atoms with E-state index < -0.39 is 5.51 Å². The van der Waals surface area contributed by atoms with E-state index in [2.05, 4.69) is 28.2 Å². The zero-order chi connectivity index (χ0) is 19.6. The molecule has 0 saturated carbocycles. The number of imidazole rings is 1. The number of alkyl halides is 3. The van der Waals surface area contributed by atoms with Crippen LogP contribution in [-0.2, 0) is 0 Å². The first-order valence-corrected chi connectivity index (χ1v) is 9.37. The van der Waals surface area contributed by atoms with Crippen LogP contribution in [0.4, 0.5) is 13.2 Å². The molecule has 1 N–H and O–H groups in total. The fourth-order valence-corrected chi connectivity index (χ4v) is 3.41. The summed E-state index contributed by atoms with van der Waals surface area (Å²) >= 11 is -0.116. The Morgan fingerprint density at radius 1 is 0.821 bits per heavy atom. The second-order valence-corrected chi connectivity index (χ2v) is 7.31. The number of aromatic nitrogens is 2. The van der Waals surface area contributed by atoms with Crippen molar-refractivity contribution in [3.05, 3.63) is 84.2 Å². The lowest BCUT2D eigenvalue weighted by Gasteiger charge is -2.05. The van der Waals surface area contributed by atoms with Crippen LogP contribution in [-0.4, -0.2) is 15.5 Å². The van der Waals surface area contributed by atoms with Crippen LogP contribution < -0.4 is 0 Å². The third-order valence-corrected chi connectivity index (χ3v) is 4.89. The normalized spacial score (nSPS) is 12.1. The molecule has 0 aliphatic carbocycles. The topological polar surface area (TPSA) is 28.7 Å². The smallest absolute Gasteiger partial charge is 0.338 e. The Bertz CT molecular complexity index is 1110. The van der Waals surface area contributed by atoms with Gasteiger partial charge in [-0.1, -0.05) is 54.6 Å². The minimum absolute atomic E-state index is 0.116. The van der Waals surface area contributed by atoms with Crippen molar-refractivity contribution >= 4 is 34.9 Å². The van der Waals surface area contributed by atoms with E-state index in [1.165, 1.54) is 12.1 Å². The fraction of sp³-hybridized carbons (Fsp3) is 0.0455. The molecular formula is C22H15F3N2S. The van der Waals surface area contributed by atoms with E-state index in [-0.39, 0.29) is 16.7 Å². The Morgan fingerprint density at radius 3 is 2.29 bits per heavy atom. The lowest BCUT2D eigenvalue weighted by atomic mass is 10.1. The van der Waals surface area contributed by atoms with Gasteiger partial charge < -0.3 is 4.98 Å². The van der Waals surface area contributed by atoms with Gasteiger partial charge in [-0.25, -0.2) is 4.98 Å². The van der Waals surface area contributed by atoms with Gasteiger partial charge in [0.2, 0.25) is 0 Å². The predicted molar refractivity (Wildman–Crippen MR) is 109 cm³/mol. The number of aromatic amines is 1. The third-order valence-electron chi connectivity index (χ3n) is 4.15. The van der Waals surface area contributed by atoms with Gasteiger partial charge in [-0.2, -0.15) is 13.2 Å². The van der Waals surface area contributed by atoms with Gasteiger partial charge in [-0.15, -0.1) is 0 Å². The predicted octanol–water partition coefficient (Wildman–Crippen LogP) is 7.01. The molecule has 3 aromatic carbocycles. The maximum atomic E-state index is 12.4. The molecule has 0 fully saturated rings. The van der Waals surface area contributed by atoms with E-state index >= 15 is 0 Å². The molecule has 0 amide bonds. The van der Waals surface area contributed by atoms with Crippen molar-refractivity contribution in [2.45, 2.75) is 10.4 Å². The van der Waals surface area contributed by atoms with Crippen LogP contribution in [0.2, 0.25) is 0 Å². The van der Waals surface area contributed by atoms with E-state index in [0.29, 0.717) is 5.82 Å². The van der Waals surface area contributed by atoms with Crippen molar-refractivity contribution in [2.24, 2.45) is 0 Å². The Morgan fingerprint density at radius 2 is 1.57 bits per heavy atom. The van der Waals surface area contributed by atoms with Crippen molar-refractivity contribution in [2.75, 3.05) is 0 Å². The quantitative estimate of drug-likeness (QED) is 0.376.